The van der Waals surface area contributed by atoms with Crippen molar-refractivity contribution in [2.75, 3.05) is 0 Å². The molecule has 3 nitrogen and oxygen atoms in total. The molecule has 2 aromatic carbocycles. The van der Waals surface area contributed by atoms with Crippen molar-refractivity contribution in [2.45, 2.75) is 38.5 Å². The molecule has 0 saturated heterocycles. The number of aryl methyl sites for hydroxylation is 1. The standard InChI is InChI=1S/C9H12.C8H10O3S/c1-8(2)9-6-4-3-5-7-9;1-6-4-3-5-8(7(6)2)12(9,10)11/h3-8H,1-2H3;3-5H,1-2H3,(H,9,10,11). The van der Waals surface area contributed by atoms with Crippen LogP contribution in [0, 0.1) is 13.8 Å². The smallest absolute Gasteiger partial charge is 0.282 e. The van der Waals surface area contributed by atoms with Crippen molar-refractivity contribution in [3.8, 4) is 0 Å². The molecule has 114 valence electrons. The van der Waals surface area contributed by atoms with Gasteiger partial charge in [0.05, 0.1) is 4.90 Å². The summed E-state index contributed by atoms with van der Waals surface area (Å²) in [6.45, 7) is 7.87. The lowest BCUT2D eigenvalue weighted by atomic mass is 10.0. The Kier molecular flexibility index (Phi) is 6.12. The molecule has 0 heterocycles. The van der Waals surface area contributed by atoms with Gasteiger partial charge in [0.15, 0.2) is 0 Å². The average molecular weight is 306 g/mol. The summed E-state index contributed by atoms with van der Waals surface area (Å²) in [7, 11) is -4.06. The summed E-state index contributed by atoms with van der Waals surface area (Å²) < 4.78 is 30.3. The Bertz CT molecular complexity index is 674. The minimum absolute atomic E-state index is 0.0116. The van der Waals surface area contributed by atoms with E-state index in [1.54, 1.807) is 26.0 Å². The van der Waals surface area contributed by atoms with E-state index in [2.05, 4.69) is 38.1 Å². The number of rotatable bonds is 2. The Labute approximate surface area is 127 Å². The summed E-state index contributed by atoms with van der Waals surface area (Å²) in [6.07, 6.45) is 0. The van der Waals surface area contributed by atoms with Crippen LogP contribution in [0.25, 0.3) is 0 Å². The van der Waals surface area contributed by atoms with Crippen LogP contribution in [0.3, 0.4) is 0 Å². The van der Waals surface area contributed by atoms with Gasteiger partial charge in [-0.1, -0.05) is 56.3 Å². The van der Waals surface area contributed by atoms with Crippen molar-refractivity contribution in [2.24, 2.45) is 0 Å². The summed E-state index contributed by atoms with van der Waals surface area (Å²) in [5, 5.41) is 0. The largest absolute Gasteiger partial charge is 0.294 e. The zero-order valence-electron chi connectivity index (χ0n) is 12.9. The van der Waals surface area contributed by atoms with Gasteiger partial charge in [-0.3, -0.25) is 4.55 Å². The molecule has 0 radical (unpaired) electrons. The third-order valence-electron chi connectivity index (χ3n) is 3.30. The van der Waals surface area contributed by atoms with E-state index >= 15 is 0 Å². The molecule has 0 amide bonds. The first kappa shape index (κ1) is 17.4. The van der Waals surface area contributed by atoms with Gasteiger partial charge in [0.2, 0.25) is 0 Å². The van der Waals surface area contributed by atoms with Gasteiger partial charge in [-0.25, -0.2) is 0 Å². The molecule has 4 heteroatoms. The third-order valence-corrected chi connectivity index (χ3v) is 4.30. The first-order chi connectivity index (χ1) is 9.73. The van der Waals surface area contributed by atoms with Crippen molar-refractivity contribution in [3.63, 3.8) is 0 Å². The Hall–Kier alpha value is -1.65. The average Bonchev–Trinajstić information content (AvgIpc) is 2.42. The summed E-state index contributed by atoms with van der Waals surface area (Å²) in [6, 6.07) is 15.3. The fraction of sp³-hybridized carbons (Fsp3) is 0.294. The minimum atomic E-state index is -4.06. The van der Waals surface area contributed by atoms with Crippen molar-refractivity contribution < 1.29 is 13.0 Å². The molecule has 0 aliphatic heterocycles. The Balaban J connectivity index is 0.000000219. The quantitative estimate of drug-likeness (QED) is 0.839. The zero-order valence-corrected chi connectivity index (χ0v) is 13.7. The Morgan fingerprint density at radius 1 is 0.905 bits per heavy atom. The normalized spacial score (nSPS) is 11.0. The molecule has 1 N–H and O–H groups in total. The van der Waals surface area contributed by atoms with E-state index in [4.69, 9.17) is 4.55 Å². The Morgan fingerprint density at radius 2 is 1.48 bits per heavy atom. The van der Waals surface area contributed by atoms with E-state index in [0.717, 1.165) is 5.56 Å². The van der Waals surface area contributed by atoms with E-state index in [-0.39, 0.29) is 4.90 Å². The molecule has 0 spiro atoms. The maximum absolute atomic E-state index is 10.8. The molecular weight excluding hydrogens is 284 g/mol. The summed E-state index contributed by atoms with van der Waals surface area (Å²) in [5.74, 6) is 0.659. The van der Waals surface area contributed by atoms with Crippen LogP contribution in [0.1, 0.15) is 36.5 Å². The van der Waals surface area contributed by atoms with Crippen LogP contribution >= 0.6 is 0 Å². The lowest BCUT2D eigenvalue weighted by molar-refractivity contribution is 0.482. The SMILES string of the molecule is CC(C)c1ccccc1.Cc1cccc(S(=O)(=O)O)c1C. The molecule has 0 aromatic heterocycles. The molecule has 2 rings (SSSR count). The Morgan fingerprint density at radius 3 is 1.86 bits per heavy atom. The third kappa shape index (κ3) is 5.33. The van der Waals surface area contributed by atoms with Crippen LogP contribution in [0.5, 0.6) is 0 Å². The fourth-order valence-electron chi connectivity index (χ4n) is 1.84. The van der Waals surface area contributed by atoms with Crippen molar-refractivity contribution in [1.29, 1.82) is 0 Å². The monoisotopic (exact) mass is 306 g/mol. The molecular formula is C17H22O3S. The second-order valence-electron chi connectivity index (χ2n) is 5.24. The maximum Gasteiger partial charge on any atom is 0.294 e. The second kappa shape index (κ2) is 7.38. The molecule has 0 aliphatic rings. The van der Waals surface area contributed by atoms with Gasteiger partial charge < -0.3 is 0 Å². The molecule has 0 aliphatic carbocycles. The molecule has 0 saturated carbocycles. The van der Waals surface area contributed by atoms with Crippen molar-refractivity contribution >= 4 is 10.1 Å². The molecule has 0 fully saturated rings. The summed E-state index contributed by atoms with van der Waals surface area (Å²) in [5.41, 5.74) is 2.86. The van der Waals surface area contributed by atoms with E-state index in [0.29, 0.717) is 11.5 Å². The van der Waals surface area contributed by atoms with Crippen LogP contribution in [-0.2, 0) is 10.1 Å². The minimum Gasteiger partial charge on any atom is -0.282 e. The lowest BCUT2D eigenvalue weighted by Gasteiger charge is -2.03. The molecule has 21 heavy (non-hydrogen) atoms. The predicted molar refractivity (Wildman–Crippen MR) is 86.3 cm³/mol. The van der Waals surface area contributed by atoms with Crippen LogP contribution < -0.4 is 0 Å². The van der Waals surface area contributed by atoms with Gasteiger partial charge in [0.25, 0.3) is 10.1 Å². The number of benzene rings is 2. The van der Waals surface area contributed by atoms with Crippen LogP contribution in [0.15, 0.2) is 53.4 Å². The number of hydrogen-bond donors (Lipinski definition) is 1. The predicted octanol–water partition coefficient (Wildman–Crippen LogP) is 4.36. The molecule has 2 aromatic rings. The van der Waals surface area contributed by atoms with Crippen LogP contribution in [0.4, 0.5) is 0 Å². The van der Waals surface area contributed by atoms with Gasteiger partial charge in [0, 0.05) is 0 Å². The molecule has 0 unspecified atom stereocenters. The van der Waals surface area contributed by atoms with Gasteiger partial charge in [-0.2, -0.15) is 8.42 Å². The van der Waals surface area contributed by atoms with E-state index < -0.39 is 10.1 Å². The van der Waals surface area contributed by atoms with Gasteiger partial charge in [-0.05, 0) is 42.5 Å². The van der Waals surface area contributed by atoms with Crippen LogP contribution in [-0.4, -0.2) is 13.0 Å². The highest BCUT2D eigenvalue weighted by Gasteiger charge is 2.12. The van der Waals surface area contributed by atoms with Gasteiger partial charge >= 0.3 is 0 Å². The highest BCUT2D eigenvalue weighted by atomic mass is 32.2. The number of hydrogen-bond acceptors (Lipinski definition) is 2. The highest BCUT2D eigenvalue weighted by Crippen LogP contribution is 2.17. The topological polar surface area (TPSA) is 54.4 Å². The first-order valence-electron chi connectivity index (χ1n) is 6.82. The molecule has 0 atom stereocenters. The van der Waals surface area contributed by atoms with E-state index in [1.807, 2.05) is 6.07 Å². The highest BCUT2D eigenvalue weighted by molar-refractivity contribution is 7.85. The maximum atomic E-state index is 10.8. The first-order valence-corrected chi connectivity index (χ1v) is 8.26. The van der Waals surface area contributed by atoms with Gasteiger partial charge in [-0.15, -0.1) is 0 Å². The zero-order chi connectivity index (χ0) is 16.0. The van der Waals surface area contributed by atoms with E-state index in [9.17, 15) is 8.42 Å². The van der Waals surface area contributed by atoms with Crippen molar-refractivity contribution in [1.82, 2.24) is 0 Å². The van der Waals surface area contributed by atoms with E-state index in [1.165, 1.54) is 11.6 Å². The van der Waals surface area contributed by atoms with Crippen LogP contribution in [0.2, 0.25) is 0 Å². The summed E-state index contributed by atoms with van der Waals surface area (Å²) >= 11 is 0. The lowest BCUT2D eigenvalue weighted by Crippen LogP contribution is -2.01. The van der Waals surface area contributed by atoms with Crippen molar-refractivity contribution in [3.05, 3.63) is 65.2 Å². The summed E-state index contributed by atoms with van der Waals surface area (Å²) in [4.78, 5) is -0.0116. The molecule has 0 bridgehead atoms. The fourth-order valence-corrected chi connectivity index (χ4v) is 2.64. The van der Waals surface area contributed by atoms with Gasteiger partial charge in [0.1, 0.15) is 0 Å². The second-order valence-corrected chi connectivity index (χ2v) is 6.63.